The van der Waals surface area contributed by atoms with E-state index in [1.807, 2.05) is 38.1 Å². The first kappa shape index (κ1) is 15.4. The number of aromatic amines is 1. The molecule has 0 saturated heterocycles. The summed E-state index contributed by atoms with van der Waals surface area (Å²) in [6.07, 6.45) is 0. The Kier molecular flexibility index (Phi) is 3.57. The van der Waals surface area contributed by atoms with Gasteiger partial charge in [-0.25, -0.2) is 4.39 Å². The summed E-state index contributed by atoms with van der Waals surface area (Å²) in [5.74, 6) is 0.161. The second-order valence-electron chi connectivity index (χ2n) is 6.14. The van der Waals surface area contributed by atoms with E-state index < -0.39 is 0 Å². The Morgan fingerprint density at radius 1 is 1.16 bits per heavy atom. The number of halogens is 1. The van der Waals surface area contributed by atoms with Gasteiger partial charge in [0.25, 0.3) is 5.91 Å². The van der Waals surface area contributed by atoms with E-state index in [1.165, 1.54) is 12.1 Å². The molecular formula is C20H17FN2O2. The molecule has 0 radical (unpaired) electrons. The predicted octanol–water partition coefficient (Wildman–Crippen LogP) is 4.60. The van der Waals surface area contributed by atoms with Gasteiger partial charge in [-0.3, -0.25) is 4.79 Å². The van der Waals surface area contributed by atoms with Gasteiger partial charge in [-0.05, 0) is 38.1 Å². The van der Waals surface area contributed by atoms with Crippen LogP contribution in [0.25, 0.3) is 21.9 Å². The van der Waals surface area contributed by atoms with Crippen LogP contribution in [0.4, 0.5) is 4.39 Å². The van der Waals surface area contributed by atoms with Gasteiger partial charge in [0.05, 0.1) is 12.1 Å². The Labute approximate surface area is 143 Å². The molecule has 2 N–H and O–H groups in total. The van der Waals surface area contributed by atoms with Crippen molar-refractivity contribution in [3.63, 3.8) is 0 Å². The normalized spacial score (nSPS) is 11.3. The van der Waals surface area contributed by atoms with Gasteiger partial charge in [0.15, 0.2) is 0 Å². The van der Waals surface area contributed by atoms with Crippen LogP contribution in [0.5, 0.6) is 0 Å². The number of furan rings is 1. The summed E-state index contributed by atoms with van der Waals surface area (Å²) in [5.41, 5.74) is 3.84. The zero-order chi connectivity index (χ0) is 17.6. The molecule has 4 nitrogen and oxygen atoms in total. The van der Waals surface area contributed by atoms with Crippen LogP contribution in [-0.2, 0) is 6.54 Å². The van der Waals surface area contributed by atoms with Crippen LogP contribution in [0.1, 0.15) is 27.4 Å². The fraction of sp³-hybridized carbons (Fsp3) is 0.150. The summed E-state index contributed by atoms with van der Waals surface area (Å²) in [5, 5.41) is 4.52. The van der Waals surface area contributed by atoms with Gasteiger partial charge in [0, 0.05) is 27.5 Å². The number of nitrogens with one attached hydrogen (secondary N) is 2. The quantitative estimate of drug-likeness (QED) is 0.574. The third-order valence-electron chi connectivity index (χ3n) is 4.53. The van der Waals surface area contributed by atoms with E-state index in [0.29, 0.717) is 16.9 Å². The summed E-state index contributed by atoms with van der Waals surface area (Å²) in [7, 11) is 0. The van der Waals surface area contributed by atoms with E-state index in [2.05, 4.69) is 10.3 Å². The number of fused-ring (bicyclic) bond motifs is 2. The molecule has 0 aliphatic carbocycles. The molecule has 0 unspecified atom stereocenters. The van der Waals surface area contributed by atoms with Crippen molar-refractivity contribution < 1.29 is 13.6 Å². The van der Waals surface area contributed by atoms with E-state index in [-0.39, 0.29) is 18.3 Å². The lowest BCUT2D eigenvalue weighted by atomic mass is 10.1. The molecule has 0 bridgehead atoms. The lowest BCUT2D eigenvalue weighted by Gasteiger charge is -2.04. The number of hydrogen-bond acceptors (Lipinski definition) is 2. The van der Waals surface area contributed by atoms with Crippen molar-refractivity contribution in [3.05, 3.63) is 70.9 Å². The molecule has 126 valence electrons. The number of carbonyl (C=O) groups is 1. The average molecular weight is 336 g/mol. The number of aromatic nitrogens is 1. The summed E-state index contributed by atoms with van der Waals surface area (Å²) in [6.45, 7) is 3.99. The molecular weight excluding hydrogens is 319 g/mol. The Morgan fingerprint density at radius 2 is 1.96 bits per heavy atom. The highest BCUT2D eigenvalue weighted by Gasteiger charge is 2.17. The molecule has 4 aromatic rings. The first-order valence-electron chi connectivity index (χ1n) is 8.07. The molecule has 0 aliphatic heterocycles. The minimum Gasteiger partial charge on any atom is -0.459 e. The highest BCUT2D eigenvalue weighted by atomic mass is 19.1. The first-order chi connectivity index (χ1) is 12.0. The van der Waals surface area contributed by atoms with Gasteiger partial charge in [-0.15, -0.1) is 0 Å². The lowest BCUT2D eigenvalue weighted by Crippen LogP contribution is -2.23. The first-order valence-corrected chi connectivity index (χ1v) is 8.07. The maximum Gasteiger partial charge on any atom is 0.254 e. The summed E-state index contributed by atoms with van der Waals surface area (Å²) in [4.78, 5) is 15.9. The topological polar surface area (TPSA) is 58.0 Å². The van der Waals surface area contributed by atoms with E-state index in [9.17, 15) is 9.18 Å². The van der Waals surface area contributed by atoms with Gasteiger partial charge >= 0.3 is 0 Å². The molecule has 4 rings (SSSR count). The zero-order valence-electron chi connectivity index (χ0n) is 13.9. The van der Waals surface area contributed by atoms with Crippen LogP contribution in [0.2, 0.25) is 0 Å². The van der Waals surface area contributed by atoms with E-state index in [1.54, 1.807) is 6.07 Å². The third kappa shape index (κ3) is 2.58. The maximum absolute atomic E-state index is 13.4. The van der Waals surface area contributed by atoms with Gasteiger partial charge in [-0.1, -0.05) is 18.2 Å². The Hall–Kier alpha value is -3.08. The number of rotatable bonds is 3. The maximum atomic E-state index is 13.4. The van der Waals surface area contributed by atoms with Gasteiger partial charge < -0.3 is 14.7 Å². The minimum absolute atomic E-state index is 0.166. The highest BCUT2D eigenvalue weighted by molar-refractivity contribution is 6.08. The Balaban J connectivity index is 1.62. The van der Waals surface area contributed by atoms with Crippen molar-refractivity contribution in [3.8, 4) is 0 Å². The number of benzene rings is 2. The van der Waals surface area contributed by atoms with Crippen LogP contribution in [-0.4, -0.2) is 10.9 Å². The van der Waals surface area contributed by atoms with Crippen molar-refractivity contribution in [1.82, 2.24) is 10.3 Å². The van der Waals surface area contributed by atoms with Gasteiger partial charge in [0.1, 0.15) is 17.2 Å². The van der Waals surface area contributed by atoms with E-state index >= 15 is 0 Å². The molecule has 5 heteroatoms. The van der Waals surface area contributed by atoms with Crippen molar-refractivity contribution >= 4 is 27.8 Å². The van der Waals surface area contributed by atoms with Crippen LogP contribution >= 0.6 is 0 Å². The van der Waals surface area contributed by atoms with Gasteiger partial charge in [0.2, 0.25) is 0 Å². The van der Waals surface area contributed by atoms with Gasteiger partial charge in [-0.2, -0.15) is 0 Å². The SMILES string of the molecule is Cc1[nH]c2ccccc2c1C(=O)NCc1oc2ccc(F)cc2c1C. The van der Waals surface area contributed by atoms with Crippen molar-refractivity contribution in [1.29, 1.82) is 0 Å². The fourth-order valence-electron chi connectivity index (χ4n) is 3.23. The fourth-order valence-corrected chi connectivity index (χ4v) is 3.23. The second kappa shape index (κ2) is 5.77. The summed E-state index contributed by atoms with van der Waals surface area (Å²) in [6, 6.07) is 12.1. The molecule has 1 amide bonds. The molecule has 2 heterocycles. The third-order valence-corrected chi connectivity index (χ3v) is 4.53. The Bertz CT molecular complexity index is 1110. The standard InChI is InChI=1S/C20H17FN2O2/c1-11-15-9-13(21)7-8-17(15)25-18(11)10-22-20(24)19-12(2)23-16-6-4-3-5-14(16)19/h3-9,23H,10H2,1-2H3,(H,22,24). The largest absolute Gasteiger partial charge is 0.459 e. The van der Waals surface area contributed by atoms with Crippen molar-refractivity contribution in [2.75, 3.05) is 0 Å². The number of carbonyl (C=O) groups excluding carboxylic acids is 1. The van der Waals surface area contributed by atoms with Crippen LogP contribution < -0.4 is 5.32 Å². The van der Waals surface area contributed by atoms with Crippen molar-refractivity contribution in [2.45, 2.75) is 20.4 Å². The Morgan fingerprint density at radius 3 is 2.80 bits per heavy atom. The average Bonchev–Trinajstić information content (AvgIpc) is 3.09. The molecule has 0 saturated carbocycles. The van der Waals surface area contributed by atoms with Crippen LogP contribution in [0, 0.1) is 19.7 Å². The summed E-state index contributed by atoms with van der Waals surface area (Å²) >= 11 is 0. The predicted molar refractivity (Wildman–Crippen MR) is 95.1 cm³/mol. The molecule has 2 aromatic heterocycles. The van der Waals surface area contributed by atoms with Crippen molar-refractivity contribution in [2.24, 2.45) is 0 Å². The van der Waals surface area contributed by atoms with Crippen LogP contribution in [0.15, 0.2) is 46.9 Å². The number of para-hydroxylation sites is 1. The number of aryl methyl sites for hydroxylation is 2. The molecule has 2 aromatic carbocycles. The molecule has 0 aliphatic rings. The highest BCUT2D eigenvalue weighted by Crippen LogP contribution is 2.26. The number of amides is 1. The molecule has 0 spiro atoms. The monoisotopic (exact) mass is 336 g/mol. The number of hydrogen-bond donors (Lipinski definition) is 2. The second-order valence-corrected chi connectivity index (χ2v) is 6.14. The number of H-pyrrole nitrogens is 1. The smallest absolute Gasteiger partial charge is 0.254 e. The van der Waals surface area contributed by atoms with Crippen LogP contribution in [0.3, 0.4) is 0 Å². The zero-order valence-corrected chi connectivity index (χ0v) is 13.9. The summed E-state index contributed by atoms with van der Waals surface area (Å²) < 4.78 is 19.2. The molecule has 0 fully saturated rings. The lowest BCUT2D eigenvalue weighted by molar-refractivity contribution is 0.0949. The minimum atomic E-state index is -0.304. The molecule has 0 atom stereocenters. The van der Waals surface area contributed by atoms with E-state index in [4.69, 9.17) is 4.42 Å². The molecule has 25 heavy (non-hydrogen) atoms. The van der Waals surface area contributed by atoms with E-state index in [0.717, 1.165) is 27.5 Å².